The summed E-state index contributed by atoms with van der Waals surface area (Å²) < 4.78 is 40.4. The molecule has 3 rings (SSSR count). The fourth-order valence-corrected chi connectivity index (χ4v) is 3.28. The minimum Gasteiger partial charge on any atom is -0.406 e. The van der Waals surface area contributed by atoms with Crippen molar-refractivity contribution in [3.63, 3.8) is 0 Å². The summed E-state index contributed by atoms with van der Waals surface area (Å²) in [7, 11) is 0. The SMILES string of the molecule is Cc1cc(Sc2ncccn2)ccc1NC(=O)Cc1ccc(OC(F)(F)F)cc1. The number of hydrogen-bond acceptors (Lipinski definition) is 5. The molecule has 0 saturated carbocycles. The van der Waals surface area contributed by atoms with Gasteiger partial charge >= 0.3 is 6.36 Å². The van der Waals surface area contributed by atoms with Crippen LogP contribution in [0.5, 0.6) is 5.75 Å². The lowest BCUT2D eigenvalue weighted by Gasteiger charge is -2.11. The third-order valence-electron chi connectivity index (χ3n) is 3.74. The van der Waals surface area contributed by atoms with Crippen LogP contribution >= 0.6 is 11.8 Å². The largest absolute Gasteiger partial charge is 0.573 e. The first-order chi connectivity index (χ1) is 13.8. The van der Waals surface area contributed by atoms with E-state index >= 15 is 0 Å². The molecular weight excluding hydrogens is 403 g/mol. The Hall–Kier alpha value is -3.07. The number of halogens is 3. The van der Waals surface area contributed by atoms with Gasteiger partial charge in [-0.2, -0.15) is 0 Å². The normalized spacial score (nSPS) is 11.2. The van der Waals surface area contributed by atoms with Gasteiger partial charge in [-0.15, -0.1) is 13.2 Å². The van der Waals surface area contributed by atoms with Crippen LogP contribution in [0.3, 0.4) is 0 Å². The Labute approximate surface area is 169 Å². The molecule has 0 bridgehead atoms. The van der Waals surface area contributed by atoms with Gasteiger partial charge in [0.15, 0.2) is 5.16 Å². The molecule has 3 aromatic rings. The maximum Gasteiger partial charge on any atom is 0.573 e. The Morgan fingerprint density at radius 1 is 1.10 bits per heavy atom. The summed E-state index contributed by atoms with van der Waals surface area (Å²) in [6.45, 7) is 1.87. The van der Waals surface area contributed by atoms with Crippen LogP contribution in [0.4, 0.5) is 18.9 Å². The molecular formula is C20H16F3N3O2S. The lowest BCUT2D eigenvalue weighted by molar-refractivity contribution is -0.274. The van der Waals surface area contributed by atoms with Gasteiger partial charge in [-0.3, -0.25) is 4.79 Å². The highest BCUT2D eigenvalue weighted by atomic mass is 32.2. The van der Waals surface area contributed by atoms with Gasteiger partial charge in [0.05, 0.1) is 6.42 Å². The summed E-state index contributed by atoms with van der Waals surface area (Å²) in [5, 5.41) is 3.44. The molecule has 9 heteroatoms. The minimum absolute atomic E-state index is 0.0279. The van der Waals surface area contributed by atoms with Gasteiger partial charge in [0.1, 0.15) is 5.75 Å². The van der Waals surface area contributed by atoms with Crippen LogP contribution in [0.2, 0.25) is 0 Å². The highest BCUT2D eigenvalue weighted by Crippen LogP contribution is 2.28. The Balaban J connectivity index is 1.59. The average Bonchev–Trinajstić information content (AvgIpc) is 2.65. The smallest absolute Gasteiger partial charge is 0.406 e. The van der Waals surface area contributed by atoms with E-state index in [0.717, 1.165) is 10.5 Å². The van der Waals surface area contributed by atoms with Crippen molar-refractivity contribution >= 4 is 23.4 Å². The van der Waals surface area contributed by atoms with Gasteiger partial charge < -0.3 is 10.1 Å². The molecule has 0 fully saturated rings. The first-order valence-electron chi connectivity index (χ1n) is 8.48. The number of aromatic nitrogens is 2. The molecule has 0 aliphatic carbocycles. The van der Waals surface area contributed by atoms with Crippen molar-refractivity contribution in [2.24, 2.45) is 0 Å². The second-order valence-corrected chi connectivity index (χ2v) is 7.07. The van der Waals surface area contributed by atoms with Gasteiger partial charge in [0, 0.05) is 23.0 Å². The van der Waals surface area contributed by atoms with Crippen molar-refractivity contribution in [3.8, 4) is 5.75 Å². The summed E-state index contributed by atoms with van der Waals surface area (Å²) in [5.74, 6) is -0.600. The van der Waals surface area contributed by atoms with Gasteiger partial charge in [0.2, 0.25) is 5.91 Å². The van der Waals surface area contributed by atoms with E-state index in [-0.39, 0.29) is 18.1 Å². The number of nitrogens with one attached hydrogen (secondary N) is 1. The molecule has 5 nitrogen and oxygen atoms in total. The van der Waals surface area contributed by atoms with Gasteiger partial charge in [-0.1, -0.05) is 12.1 Å². The van der Waals surface area contributed by atoms with E-state index in [0.29, 0.717) is 16.4 Å². The number of hydrogen-bond donors (Lipinski definition) is 1. The molecule has 0 radical (unpaired) electrons. The second-order valence-electron chi connectivity index (χ2n) is 6.03. The van der Waals surface area contributed by atoms with Crippen LogP contribution in [0.1, 0.15) is 11.1 Å². The molecule has 0 aliphatic rings. The number of carbonyl (C=O) groups is 1. The fraction of sp³-hybridized carbons (Fsp3) is 0.150. The molecule has 1 amide bonds. The minimum atomic E-state index is -4.74. The quantitative estimate of drug-likeness (QED) is 0.569. The van der Waals surface area contributed by atoms with Crippen LogP contribution < -0.4 is 10.1 Å². The average molecular weight is 419 g/mol. The first kappa shape index (κ1) is 20.7. The molecule has 0 atom stereocenters. The number of rotatable bonds is 6. The second kappa shape index (κ2) is 8.95. The maximum absolute atomic E-state index is 12.3. The van der Waals surface area contributed by atoms with Crippen LogP contribution in [-0.4, -0.2) is 22.2 Å². The Bertz CT molecular complexity index is 981. The lowest BCUT2D eigenvalue weighted by atomic mass is 10.1. The Morgan fingerprint density at radius 2 is 1.79 bits per heavy atom. The number of aryl methyl sites for hydroxylation is 1. The van der Waals surface area contributed by atoms with E-state index in [1.807, 2.05) is 19.1 Å². The molecule has 0 aliphatic heterocycles. The first-order valence-corrected chi connectivity index (χ1v) is 9.30. The third kappa shape index (κ3) is 6.49. The van der Waals surface area contributed by atoms with Gasteiger partial charge in [-0.25, -0.2) is 9.97 Å². The van der Waals surface area contributed by atoms with Crippen molar-refractivity contribution in [3.05, 3.63) is 72.1 Å². The van der Waals surface area contributed by atoms with Crippen molar-refractivity contribution in [2.45, 2.75) is 29.8 Å². The Morgan fingerprint density at radius 3 is 2.41 bits per heavy atom. The highest BCUT2D eigenvalue weighted by molar-refractivity contribution is 7.99. The zero-order chi connectivity index (χ0) is 20.9. The van der Waals surface area contributed by atoms with Crippen LogP contribution in [0, 0.1) is 6.92 Å². The fourth-order valence-electron chi connectivity index (χ4n) is 2.47. The van der Waals surface area contributed by atoms with E-state index in [9.17, 15) is 18.0 Å². The van der Waals surface area contributed by atoms with Crippen molar-refractivity contribution in [2.75, 3.05) is 5.32 Å². The van der Waals surface area contributed by atoms with Crippen LogP contribution in [-0.2, 0) is 11.2 Å². The van der Waals surface area contributed by atoms with Gasteiger partial charge in [-0.05, 0) is 66.2 Å². The number of anilines is 1. The summed E-state index contributed by atoms with van der Waals surface area (Å²) in [6.07, 6.45) is -1.38. The molecule has 1 aromatic heterocycles. The number of nitrogens with zero attached hydrogens (tertiary/aromatic N) is 2. The predicted octanol–water partition coefficient (Wildman–Crippen LogP) is 5.02. The van der Waals surface area contributed by atoms with E-state index in [2.05, 4.69) is 20.0 Å². The number of ether oxygens (including phenoxy) is 1. The van der Waals surface area contributed by atoms with E-state index in [4.69, 9.17) is 0 Å². The molecule has 0 spiro atoms. The number of benzene rings is 2. The van der Waals surface area contributed by atoms with E-state index in [1.165, 1.54) is 36.0 Å². The maximum atomic E-state index is 12.3. The van der Waals surface area contributed by atoms with Crippen LogP contribution in [0.25, 0.3) is 0 Å². The number of alkyl halides is 3. The molecule has 29 heavy (non-hydrogen) atoms. The third-order valence-corrected chi connectivity index (χ3v) is 4.63. The zero-order valence-electron chi connectivity index (χ0n) is 15.2. The van der Waals surface area contributed by atoms with E-state index in [1.54, 1.807) is 24.5 Å². The highest BCUT2D eigenvalue weighted by Gasteiger charge is 2.30. The van der Waals surface area contributed by atoms with Crippen LogP contribution in [0.15, 0.2) is 71.0 Å². The monoisotopic (exact) mass is 419 g/mol. The van der Waals surface area contributed by atoms with Crippen molar-refractivity contribution in [1.29, 1.82) is 0 Å². The lowest BCUT2D eigenvalue weighted by Crippen LogP contribution is -2.17. The molecule has 150 valence electrons. The van der Waals surface area contributed by atoms with E-state index < -0.39 is 6.36 Å². The predicted molar refractivity (Wildman–Crippen MR) is 103 cm³/mol. The zero-order valence-corrected chi connectivity index (χ0v) is 16.1. The standard InChI is InChI=1S/C20H16F3N3O2S/c1-13-11-16(29-19-24-9-2-10-25-19)7-8-17(13)26-18(27)12-14-3-5-15(6-4-14)28-20(21,22)23/h2-11H,12H2,1H3,(H,26,27). The van der Waals surface area contributed by atoms with Crippen molar-refractivity contribution < 1.29 is 22.7 Å². The number of carbonyl (C=O) groups excluding carboxylic acids is 1. The summed E-state index contributed by atoms with van der Waals surface area (Å²) in [6, 6.07) is 12.5. The number of amides is 1. The molecule has 0 saturated heterocycles. The topological polar surface area (TPSA) is 64.1 Å². The Kier molecular flexibility index (Phi) is 6.38. The van der Waals surface area contributed by atoms with Crippen molar-refractivity contribution in [1.82, 2.24) is 9.97 Å². The molecule has 0 unspecified atom stereocenters. The molecule has 1 N–H and O–H groups in total. The summed E-state index contributed by atoms with van der Waals surface area (Å²) in [4.78, 5) is 21.5. The summed E-state index contributed by atoms with van der Waals surface area (Å²) >= 11 is 1.41. The summed E-state index contributed by atoms with van der Waals surface area (Å²) in [5.41, 5.74) is 2.10. The molecule has 2 aromatic carbocycles. The van der Waals surface area contributed by atoms with Gasteiger partial charge in [0.25, 0.3) is 0 Å². The molecule has 1 heterocycles.